The van der Waals surface area contributed by atoms with Crippen LogP contribution < -0.4 is 0 Å². The van der Waals surface area contributed by atoms with E-state index in [9.17, 15) is 43.2 Å². The highest BCUT2D eigenvalue weighted by Gasteiger charge is 2.30. The molecule has 3 N–H and O–H groups in total. The lowest BCUT2D eigenvalue weighted by atomic mass is 10.0. The number of hydrogen-bond donors (Lipinski definition) is 3. The summed E-state index contributed by atoms with van der Waals surface area (Å²) in [6, 6.07) is 0. The molecule has 0 bridgehead atoms. The van der Waals surface area contributed by atoms with E-state index < -0.39 is 97.5 Å². The van der Waals surface area contributed by atoms with Gasteiger partial charge in [-0.15, -0.1) is 0 Å². The Morgan fingerprint density at radius 2 is 0.438 bits per heavy atom. The molecule has 0 aromatic heterocycles. The van der Waals surface area contributed by atoms with Crippen LogP contribution in [-0.4, -0.2) is 96.7 Å². The van der Waals surface area contributed by atoms with Crippen molar-refractivity contribution in [1.29, 1.82) is 0 Å². The number of aliphatic hydroxyl groups is 1. The molecule has 5 atom stereocenters. The van der Waals surface area contributed by atoms with Gasteiger partial charge in [-0.1, -0.05) is 408 Å². The molecule has 0 radical (unpaired) electrons. The molecule has 19 heteroatoms. The summed E-state index contributed by atoms with van der Waals surface area (Å²) < 4.78 is 68.9. The van der Waals surface area contributed by atoms with Crippen molar-refractivity contribution in [3.05, 3.63) is 0 Å². The van der Waals surface area contributed by atoms with Gasteiger partial charge in [0.2, 0.25) is 0 Å². The van der Waals surface area contributed by atoms with E-state index in [-0.39, 0.29) is 25.7 Å². The number of aliphatic hydroxyl groups excluding tert-OH is 1. The zero-order chi connectivity index (χ0) is 77.1. The fourth-order valence-electron chi connectivity index (χ4n) is 13.4. The van der Waals surface area contributed by atoms with Crippen LogP contribution in [0.15, 0.2) is 0 Å². The average molecular weight is 1540 g/mol. The maximum atomic E-state index is 13.1. The molecule has 0 aliphatic rings. The first-order chi connectivity index (χ1) is 50.9. The Bertz CT molecular complexity index is 2010. The summed E-state index contributed by atoms with van der Waals surface area (Å²) >= 11 is 0. The van der Waals surface area contributed by atoms with Crippen molar-refractivity contribution in [2.45, 2.75) is 477 Å². The van der Waals surface area contributed by atoms with Crippen molar-refractivity contribution in [1.82, 2.24) is 0 Å². The Morgan fingerprint density at radius 1 is 0.257 bits per heavy atom. The topological polar surface area (TPSA) is 237 Å². The predicted molar refractivity (Wildman–Crippen MR) is 432 cm³/mol. The Labute approximate surface area is 645 Å². The SMILES string of the molecule is CCCCCCCCCCCCCCCCCCCCCCCCC(=O)O[C@H](COC(=O)CCCCCCCCCCCCCCCCCCC(C)C)COP(=O)(O)OC[C@@H](O)COP(=O)(O)OC[C@@H](COC(=O)CCCCCCCCCCC(C)C)OC(=O)CCCCCCCCCCCCCCC. The number of ether oxygens (including phenoxy) is 4. The molecule has 0 amide bonds. The third-order valence-corrected chi connectivity index (χ3v) is 22.1. The van der Waals surface area contributed by atoms with Crippen LogP contribution in [0.4, 0.5) is 0 Å². The molecule has 0 saturated heterocycles. The van der Waals surface area contributed by atoms with Crippen molar-refractivity contribution in [3.8, 4) is 0 Å². The Balaban J connectivity index is 5.22. The minimum Gasteiger partial charge on any atom is -0.462 e. The van der Waals surface area contributed by atoms with Crippen molar-refractivity contribution >= 4 is 39.5 Å². The maximum Gasteiger partial charge on any atom is 0.472 e. The molecular formula is C86H168O17P2. The van der Waals surface area contributed by atoms with Crippen molar-refractivity contribution in [3.63, 3.8) is 0 Å². The lowest BCUT2D eigenvalue weighted by Gasteiger charge is -2.21. The van der Waals surface area contributed by atoms with Crippen LogP contribution in [0.2, 0.25) is 0 Å². The molecule has 0 heterocycles. The number of phosphoric ester groups is 2. The van der Waals surface area contributed by atoms with E-state index in [0.717, 1.165) is 102 Å². The second kappa shape index (κ2) is 77.4. The number of carbonyl (C=O) groups is 4. The first-order valence-electron chi connectivity index (χ1n) is 44.5. The quantitative estimate of drug-likeness (QED) is 0.0222. The molecule has 0 fully saturated rings. The lowest BCUT2D eigenvalue weighted by Crippen LogP contribution is -2.30. The third kappa shape index (κ3) is 79.9. The summed E-state index contributed by atoms with van der Waals surface area (Å²) in [5, 5.41) is 10.7. The van der Waals surface area contributed by atoms with Gasteiger partial charge in [-0.2, -0.15) is 0 Å². The van der Waals surface area contributed by atoms with Gasteiger partial charge < -0.3 is 33.8 Å². The minimum absolute atomic E-state index is 0.107. The first-order valence-corrected chi connectivity index (χ1v) is 47.5. The molecule has 2 unspecified atom stereocenters. The standard InChI is InChI=1S/C86H168O17P2/c1-7-9-11-13-15-17-19-21-22-23-24-25-26-27-28-33-37-41-45-53-59-65-71-86(91)102-81(74-96-83(88)68-62-56-50-43-39-36-32-30-29-31-35-38-42-48-54-60-66-78(3)4)76-100-104(92,93)98-72-80(87)73-99-105(94,95)101-77-82(75-97-84(89)69-63-57-51-47-46-49-55-61-67-79(5)6)103-85(90)70-64-58-52-44-40-34-20-18-16-14-12-10-8-2/h78-82,87H,7-77H2,1-6H3,(H,92,93)(H,94,95)/t80-,81-,82-/m1/s1. The van der Waals surface area contributed by atoms with Gasteiger partial charge in [0, 0.05) is 25.7 Å². The predicted octanol–water partition coefficient (Wildman–Crippen LogP) is 26.2. The van der Waals surface area contributed by atoms with Crippen LogP contribution in [-0.2, 0) is 65.4 Å². The second-order valence-electron chi connectivity index (χ2n) is 31.9. The summed E-state index contributed by atoms with van der Waals surface area (Å²) in [5.74, 6) is -0.564. The molecule has 0 aliphatic carbocycles. The Hall–Kier alpha value is -1.94. The van der Waals surface area contributed by atoms with E-state index >= 15 is 0 Å². The lowest BCUT2D eigenvalue weighted by molar-refractivity contribution is -0.161. The number of unbranched alkanes of at least 4 members (excludes halogenated alkanes) is 55. The second-order valence-corrected chi connectivity index (χ2v) is 34.8. The third-order valence-electron chi connectivity index (χ3n) is 20.2. The van der Waals surface area contributed by atoms with Gasteiger partial charge in [0.25, 0.3) is 0 Å². The number of hydrogen-bond acceptors (Lipinski definition) is 15. The van der Waals surface area contributed by atoms with E-state index in [0.29, 0.717) is 25.7 Å². The van der Waals surface area contributed by atoms with Crippen LogP contribution in [0, 0.1) is 11.8 Å². The van der Waals surface area contributed by atoms with Gasteiger partial charge in [0.15, 0.2) is 12.2 Å². The maximum absolute atomic E-state index is 13.1. The van der Waals surface area contributed by atoms with Gasteiger partial charge >= 0.3 is 39.5 Å². The highest BCUT2D eigenvalue weighted by molar-refractivity contribution is 7.47. The van der Waals surface area contributed by atoms with Gasteiger partial charge in [0.05, 0.1) is 26.4 Å². The summed E-state index contributed by atoms with van der Waals surface area (Å²) in [4.78, 5) is 73.2. The molecule has 0 rings (SSSR count). The van der Waals surface area contributed by atoms with Gasteiger partial charge in [-0.3, -0.25) is 37.3 Å². The number of phosphoric acid groups is 2. The Morgan fingerprint density at radius 3 is 0.648 bits per heavy atom. The smallest absolute Gasteiger partial charge is 0.462 e. The molecule has 0 aliphatic heterocycles. The largest absolute Gasteiger partial charge is 0.472 e. The Kier molecular flexibility index (Phi) is 76.0. The number of rotatable bonds is 85. The van der Waals surface area contributed by atoms with E-state index in [4.69, 9.17) is 37.0 Å². The molecule has 0 saturated carbocycles. The van der Waals surface area contributed by atoms with Crippen LogP contribution in [0.3, 0.4) is 0 Å². The molecule has 0 aromatic rings. The fourth-order valence-corrected chi connectivity index (χ4v) is 15.0. The van der Waals surface area contributed by atoms with Crippen LogP contribution in [0.1, 0.15) is 459 Å². The first kappa shape index (κ1) is 103. The molecule has 0 spiro atoms. The summed E-state index contributed by atoms with van der Waals surface area (Å²) in [7, 11) is -9.93. The molecule has 105 heavy (non-hydrogen) atoms. The number of carbonyl (C=O) groups excluding carboxylic acids is 4. The fraction of sp³-hybridized carbons (Fsp3) is 0.953. The summed E-state index contributed by atoms with van der Waals surface area (Å²) in [6.45, 7) is 9.66. The number of esters is 4. The molecule has 0 aromatic carbocycles. The van der Waals surface area contributed by atoms with Crippen LogP contribution >= 0.6 is 15.6 Å². The average Bonchev–Trinajstić information content (AvgIpc) is 0.952. The monoisotopic (exact) mass is 1540 g/mol. The van der Waals surface area contributed by atoms with Gasteiger partial charge in [-0.05, 0) is 37.5 Å². The van der Waals surface area contributed by atoms with E-state index in [1.807, 2.05) is 0 Å². The zero-order valence-corrected chi connectivity index (χ0v) is 70.8. The summed E-state index contributed by atoms with van der Waals surface area (Å²) in [6.07, 6.45) is 69.6. The summed E-state index contributed by atoms with van der Waals surface area (Å²) in [5.41, 5.74) is 0. The van der Waals surface area contributed by atoms with E-state index in [2.05, 4.69) is 41.5 Å². The van der Waals surface area contributed by atoms with Crippen molar-refractivity contribution in [2.75, 3.05) is 39.6 Å². The van der Waals surface area contributed by atoms with Gasteiger partial charge in [0.1, 0.15) is 19.3 Å². The molecule has 17 nitrogen and oxygen atoms in total. The highest BCUT2D eigenvalue weighted by Crippen LogP contribution is 2.45. The van der Waals surface area contributed by atoms with E-state index in [1.54, 1.807) is 0 Å². The van der Waals surface area contributed by atoms with E-state index in [1.165, 1.54) is 276 Å². The highest BCUT2D eigenvalue weighted by atomic mass is 31.2. The zero-order valence-electron chi connectivity index (χ0n) is 69.0. The van der Waals surface area contributed by atoms with Crippen molar-refractivity contribution < 1.29 is 80.2 Å². The molecular weight excluding hydrogens is 1370 g/mol. The van der Waals surface area contributed by atoms with Crippen LogP contribution in [0.25, 0.3) is 0 Å². The van der Waals surface area contributed by atoms with Gasteiger partial charge in [-0.25, -0.2) is 9.13 Å². The molecule has 624 valence electrons. The minimum atomic E-state index is -4.97. The van der Waals surface area contributed by atoms with Crippen LogP contribution in [0.5, 0.6) is 0 Å². The normalized spacial score (nSPS) is 13.8. The van der Waals surface area contributed by atoms with Crippen molar-refractivity contribution in [2.24, 2.45) is 11.8 Å².